The zero-order valence-corrected chi connectivity index (χ0v) is 20.2. The molecule has 1 aromatic carbocycles. The minimum absolute atomic E-state index is 0.0148. The van der Waals surface area contributed by atoms with Gasteiger partial charge in [0.2, 0.25) is 0 Å². The van der Waals surface area contributed by atoms with E-state index in [1.807, 2.05) is 0 Å². The second kappa shape index (κ2) is 8.70. The number of phenols is 1. The van der Waals surface area contributed by atoms with Crippen molar-refractivity contribution in [3.63, 3.8) is 0 Å². The summed E-state index contributed by atoms with van der Waals surface area (Å²) in [7, 11) is 0. The third kappa shape index (κ3) is 4.81. The van der Waals surface area contributed by atoms with E-state index in [0.29, 0.717) is 22.6 Å². The van der Waals surface area contributed by atoms with Crippen molar-refractivity contribution in [3.8, 4) is 17.2 Å². The molecule has 190 valence electrons. The lowest BCUT2D eigenvalue weighted by Crippen LogP contribution is -2.58. The van der Waals surface area contributed by atoms with Gasteiger partial charge in [0.05, 0.1) is 40.7 Å². The molecule has 1 spiro atoms. The number of benzene rings is 1. The molecule has 2 fully saturated rings. The van der Waals surface area contributed by atoms with E-state index in [-0.39, 0.29) is 41.4 Å². The summed E-state index contributed by atoms with van der Waals surface area (Å²) in [6.07, 6.45) is 6.51. The van der Waals surface area contributed by atoms with Crippen molar-refractivity contribution >= 4 is 17.3 Å². The van der Waals surface area contributed by atoms with E-state index in [1.54, 1.807) is 36.7 Å². The number of pyridine rings is 1. The van der Waals surface area contributed by atoms with Gasteiger partial charge in [0, 0.05) is 12.1 Å². The molecule has 0 radical (unpaired) electrons. The molecule has 5 N–H and O–H groups in total. The molecule has 0 bridgehead atoms. The number of nitrogens with two attached hydrogens (primary N) is 1. The van der Waals surface area contributed by atoms with Gasteiger partial charge in [-0.1, -0.05) is 0 Å². The summed E-state index contributed by atoms with van der Waals surface area (Å²) in [6.45, 7) is 3.47. The first kappa shape index (κ1) is 23.9. The molecule has 10 heteroatoms. The van der Waals surface area contributed by atoms with Crippen LogP contribution in [0.5, 0.6) is 17.2 Å². The second-order valence-electron chi connectivity index (χ2n) is 10.6. The molecule has 3 aromatic rings. The van der Waals surface area contributed by atoms with Crippen LogP contribution < -0.4 is 20.5 Å². The first-order valence-corrected chi connectivity index (χ1v) is 11.9. The summed E-state index contributed by atoms with van der Waals surface area (Å²) in [5.41, 5.74) is 5.99. The number of aromatic hydroxyl groups is 1. The number of hydrogen-bond donors (Lipinski definition) is 4. The second-order valence-corrected chi connectivity index (χ2v) is 10.6. The van der Waals surface area contributed by atoms with Crippen molar-refractivity contribution in [2.24, 2.45) is 11.1 Å². The number of carbonyl (C=O) groups is 2. The van der Waals surface area contributed by atoms with Crippen LogP contribution in [0.2, 0.25) is 0 Å². The molecule has 2 heterocycles. The number of amides is 2. The van der Waals surface area contributed by atoms with E-state index in [1.165, 1.54) is 24.4 Å². The average molecular weight is 495 g/mol. The Kier molecular flexibility index (Phi) is 5.78. The molecule has 2 aliphatic carbocycles. The van der Waals surface area contributed by atoms with Gasteiger partial charge in [-0.3, -0.25) is 9.59 Å². The molecular weight excluding hydrogens is 464 g/mol. The van der Waals surface area contributed by atoms with Crippen LogP contribution in [0.3, 0.4) is 0 Å². The van der Waals surface area contributed by atoms with Crippen molar-refractivity contribution in [1.82, 2.24) is 14.9 Å². The van der Waals surface area contributed by atoms with E-state index in [2.05, 4.69) is 10.4 Å². The van der Waals surface area contributed by atoms with Crippen LogP contribution in [0.1, 0.15) is 60.2 Å². The molecule has 2 aliphatic rings. The highest BCUT2D eigenvalue weighted by atomic mass is 16.5. The maximum absolute atomic E-state index is 12.9. The average Bonchev–Trinajstić information content (AvgIpc) is 3.17. The Bertz CT molecular complexity index is 1310. The number of nitrogens with zero attached hydrogens (tertiary/aromatic N) is 2. The number of phenolic OH excluding ortho intramolecular Hbond substituents is 1. The quantitative estimate of drug-likeness (QED) is 0.376. The largest absolute Gasteiger partial charge is 0.508 e. The van der Waals surface area contributed by atoms with Gasteiger partial charge in [0.1, 0.15) is 23.9 Å². The number of rotatable bonds is 8. The SMILES string of the molecule is CC(C)(O)COc1ccc2c(C(=O)NC3CC4(C3)CC(Oc3cc(O)ccc3C(N)=O)C4)cnn2c1. The molecule has 2 aromatic heterocycles. The molecule has 0 atom stereocenters. The fraction of sp³-hybridized carbons (Fsp3) is 0.423. The highest BCUT2D eigenvalue weighted by Gasteiger charge is 2.54. The Balaban J connectivity index is 1.13. The van der Waals surface area contributed by atoms with Crippen molar-refractivity contribution in [2.45, 2.75) is 57.3 Å². The number of nitrogens with one attached hydrogen (secondary N) is 1. The van der Waals surface area contributed by atoms with Gasteiger partial charge in [0.25, 0.3) is 11.8 Å². The zero-order chi connectivity index (χ0) is 25.7. The van der Waals surface area contributed by atoms with E-state index < -0.39 is 11.5 Å². The predicted octanol–water partition coefficient (Wildman–Crippen LogP) is 2.41. The molecule has 0 unspecified atom stereocenters. The van der Waals surface area contributed by atoms with Crippen molar-refractivity contribution < 1.29 is 29.3 Å². The minimum Gasteiger partial charge on any atom is -0.508 e. The molecule has 36 heavy (non-hydrogen) atoms. The minimum atomic E-state index is -0.951. The third-order valence-electron chi connectivity index (χ3n) is 6.87. The molecule has 0 saturated heterocycles. The third-order valence-corrected chi connectivity index (χ3v) is 6.87. The summed E-state index contributed by atoms with van der Waals surface area (Å²) in [6, 6.07) is 7.88. The normalized spacial score (nSPS) is 23.1. The summed E-state index contributed by atoms with van der Waals surface area (Å²) >= 11 is 0. The maximum Gasteiger partial charge on any atom is 0.255 e. The highest BCUT2D eigenvalue weighted by Crippen LogP contribution is 2.57. The fourth-order valence-electron chi connectivity index (χ4n) is 5.15. The van der Waals surface area contributed by atoms with Crippen LogP contribution in [0.15, 0.2) is 42.7 Å². The maximum atomic E-state index is 12.9. The lowest BCUT2D eigenvalue weighted by molar-refractivity contribution is -0.0834. The van der Waals surface area contributed by atoms with Crippen LogP contribution in [0.25, 0.3) is 5.52 Å². The fourth-order valence-corrected chi connectivity index (χ4v) is 5.15. The van der Waals surface area contributed by atoms with Crippen LogP contribution in [-0.4, -0.2) is 56.0 Å². The van der Waals surface area contributed by atoms with Crippen LogP contribution in [0.4, 0.5) is 0 Å². The molecule has 2 saturated carbocycles. The van der Waals surface area contributed by atoms with Gasteiger partial charge in [0.15, 0.2) is 0 Å². The van der Waals surface area contributed by atoms with Gasteiger partial charge in [-0.25, -0.2) is 4.52 Å². The lowest BCUT2D eigenvalue weighted by atomic mass is 9.53. The van der Waals surface area contributed by atoms with Crippen LogP contribution in [-0.2, 0) is 0 Å². The van der Waals surface area contributed by atoms with Gasteiger partial charge >= 0.3 is 0 Å². The molecule has 10 nitrogen and oxygen atoms in total. The van der Waals surface area contributed by atoms with Crippen LogP contribution >= 0.6 is 0 Å². The number of aromatic nitrogens is 2. The molecule has 2 amide bonds. The first-order valence-electron chi connectivity index (χ1n) is 11.9. The monoisotopic (exact) mass is 494 g/mol. The topological polar surface area (TPSA) is 148 Å². The van der Waals surface area contributed by atoms with E-state index in [0.717, 1.165) is 25.7 Å². The summed E-state index contributed by atoms with van der Waals surface area (Å²) in [5, 5.41) is 26.9. The summed E-state index contributed by atoms with van der Waals surface area (Å²) in [5.74, 6) is 0.0919. The van der Waals surface area contributed by atoms with E-state index in [4.69, 9.17) is 15.2 Å². The number of fused-ring (bicyclic) bond motifs is 1. The Morgan fingerprint density at radius 3 is 2.64 bits per heavy atom. The predicted molar refractivity (Wildman–Crippen MR) is 130 cm³/mol. The number of ether oxygens (including phenoxy) is 2. The molecule has 0 aliphatic heterocycles. The number of aliphatic hydroxyl groups is 1. The zero-order valence-electron chi connectivity index (χ0n) is 20.2. The molecular formula is C26H30N4O6. The summed E-state index contributed by atoms with van der Waals surface area (Å²) in [4.78, 5) is 24.5. The smallest absolute Gasteiger partial charge is 0.255 e. The van der Waals surface area contributed by atoms with Crippen molar-refractivity contribution in [3.05, 3.63) is 53.9 Å². The van der Waals surface area contributed by atoms with E-state index in [9.17, 15) is 19.8 Å². The highest BCUT2D eigenvalue weighted by molar-refractivity contribution is 6.00. The summed E-state index contributed by atoms with van der Waals surface area (Å²) < 4.78 is 13.1. The van der Waals surface area contributed by atoms with Gasteiger partial charge in [-0.05, 0) is 69.2 Å². The number of carbonyl (C=O) groups excluding carboxylic acids is 2. The Morgan fingerprint density at radius 2 is 1.94 bits per heavy atom. The number of hydrogen-bond acceptors (Lipinski definition) is 7. The van der Waals surface area contributed by atoms with E-state index >= 15 is 0 Å². The Hall–Kier alpha value is -3.79. The molecule has 5 rings (SSSR count). The first-order chi connectivity index (χ1) is 17.0. The van der Waals surface area contributed by atoms with Crippen LogP contribution in [0, 0.1) is 5.41 Å². The number of primary amides is 1. The van der Waals surface area contributed by atoms with Gasteiger partial charge in [-0.2, -0.15) is 5.10 Å². The van der Waals surface area contributed by atoms with Crippen molar-refractivity contribution in [2.75, 3.05) is 6.61 Å². The standard InChI is InChI=1S/C26H30N4O6/c1-25(2,34)14-35-17-4-6-21-20(12-28-30(21)13-17)24(33)29-15-8-26(9-15)10-18(11-26)36-22-7-16(31)3-5-19(22)23(27)32/h3-7,12-13,15,18,31,34H,8-11,14H2,1-2H3,(H2,27,32)(H,29,33). The Morgan fingerprint density at radius 1 is 1.19 bits per heavy atom. The lowest BCUT2D eigenvalue weighted by Gasteiger charge is -2.57. The van der Waals surface area contributed by atoms with Gasteiger partial charge in [-0.15, -0.1) is 0 Å². The van der Waals surface area contributed by atoms with Crippen molar-refractivity contribution in [1.29, 1.82) is 0 Å². The Labute approximate surface area is 208 Å². The van der Waals surface area contributed by atoms with Gasteiger partial charge < -0.3 is 30.7 Å².